The van der Waals surface area contributed by atoms with Crippen molar-refractivity contribution in [3.63, 3.8) is 0 Å². The molecule has 4 heterocycles. The molecule has 2 aliphatic heterocycles. The first-order valence-corrected chi connectivity index (χ1v) is 14.3. The number of H-pyrrole nitrogens is 1. The predicted octanol–water partition coefficient (Wildman–Crippen LogP) is 4.25. The van der Waals surface area contributed by atoms with Crippen molar-refractivity contribution in [3.8, 4) is 11.1 Å². The number of pyridine rings is 1. The molecule has 210 valence electrons. The normalized spacial score (nSPS) is 17.7. The number of aromatic nitrogens is 3. The van der Waals surface area contributed by atoms with Gasteiger partial charge in [-0.25, -0.2) is 18.2 Å². The summed E-state index contributed by atoms with van der Waals surface area (Å²) >= 11 is 0. The van der Waals surface area contributed by atoms with Gasteiger partial charge in [-0.1, -0.05) is 18.2 Å². The Bertz CT molecular complexity index is 1690. The van der Waals surface area contributed by atoms with Gasteiger partial charge in [-0.3, -0.25) is 4.57 Å². The van der Waals surface area contributed by atoms with E-state index in [1.807, 2.05) is 18.2 Å². The fraction of sp³-hybridized carbons (Fsp3) is 0.333. The Hall–Kier alpha value is -3.68. The first kappa shape index (κ1) is 26.5. The van der Waals surface area contributed by atoms with E-state index in [-0.39, 0.29) is 35.8 Å². The minimum Gasteiger partial charge on any atom is -0.377 e. The number of imidazole rings is 1. The van der Waals surface area contributed by atoms with Crippen molar-refractivity contribution in [2.75, 3.05) is 31.6 Å². The second kappa shape index (κ2) is 10.1. The quantitative estimate of drug-likeness (QED) is 0.357. The summed E-state index contributed by atoms with van der Waals surface area (Å²) < 4.78 is 73.2. The SMILES string of the molecule is O=c1[nH]c2ccc(-c3ccc(S(=O)(=O)N4CCC(Nc5ccc(C(F)(F)F)cn5)CC4)cc3)cc2n1C1COC1. The highest BCUT2D eigenvalue weighted by Crippen LogP contribution is 2.30. The largest absolute Gasteiger partial charge is 0.417 e. The first-order valence-electron chi connectivity index (χ1n) is 12.8. The van der Waals surface area contributed by atoms with E-state index < -0.39 is 21.8 Å². The van der Waals surface area contributed by atoms with Gasteiger partial charge in [0.15, 0.2) is 0 Å². The van der Waals surface area contributed by atoms with Crippen molar-refractivity contribution in [1.82, 2.24) is 18.8 Å². The number of aromatic amines is 1. The lowest BCUT2D eigenvalue weighted by Gasteiger charge is -2.32. The molecule has 0 radical (unpaired) electrons. The molecular formula is C27H26F3N5O4S. The predicted molar refractivity (Wildman–Crippen MR) is 142 cm³/mol. The first-order chi connectivity index (χ1) is 19.1. The Morgan fingerprint density at radius 2 is 1.68 bits per heavy atom. The van der Waals surface area contributed by atoms with Gasteiger partial charge in [0.1, 0.15) is 5.82 Å². The summed E-state index contributed by atoms with van der Waals surface area (Å²) in [5.41, 5.74) is 2.17. The van der Waals surface area contributed by atoms with Gasteiger partial charge >= 0.3 is 11.9 Å². The van der Waals surface area contributed by atoms with E-state index in [1.54, 1.807) is 28.8 Å². The van der Waals surface area contributed by atoms with Crippen LogP contribution in [0.25, 0.3) is 22.2 Å². The van der Waals surface area contributed by atoms with Crippen LogP contribution in [0.3, 0.4) is 0 Å². The average molecular weight is 574 g/mol. The lowest BCUT2D eigenvalue weighted by molar-refractivity contribution is -0.137. The van der Waals surface area contributed by atoms with Gasteiger partial charge in [0.05, 0.1) is 40.7 Å². The second-order valence-corrected chi connectivity index (χ2v) is 11.9. The molecular weight excluding hydrogens is 547 g/mol. The molecule has 13 heteroatoms. The number of halogens is 3. The van der Waals surface area contributed by atoms with E-state index in [0.717, 1.165) is 34.4 Å². The molecule has 4 aromatic rings. The lowest BCUT2D eigenvalue weighted by atomic mass is 10.1. The molecule has 0 bridgehead atoms. The van der Waals surface area contributed by atoms with Crippen LogP contribution in [0.2, 0.25) is 0 Å². The molecule has 2 aromatic heterocycles. The summed E-state index contributed by atoms with van der Waals surface area (Å²) in [6.07, 6.45) is -2.69. The van der Waals surface area contributed by atoms with Crippen molar-refractivity contribution < 1.29 is 26.3 Å². The molecule has 0 spiro atoms. The van der Waals surface area contributed by atoms with Crippen LogP contribution in [0.5, 0.6) is 0 Å². The van der Waals surface area contributed by atoms with Gasteiger partial charge in [-0.05, 0) is 60.4 Å². The molecule has 0 amide bonds. The van der Waals surface area contributed by atoms with Gasteiger partial charge in [-0.2, -0.15) is 17.5 Å². The molecule has 0 atom stereocenters. The van der Waals surface area contributed by atoms with Crippen LogP contribution in [0, 0.1) is 0 Å². The second-order valence-electron chi connectivity index (χ2n) is 10.0. The van der Waals surface area contributed by atoms with E-state index in [1.165, 1.54) is 10.4 Å². The van der Waals surface area contributed by atoms with Crippen molar-refractivity contribution in [2.24, 2.45) is 0 Å². The molecule has 9 nitrogen and oxygen atoms in total. The van der Waals surface area contributed by atoms with Crippen LogP contribution in [0.4, 0.5) is 19.0 Å². The number of alkyl halides is 3. The minimum atomic E-state index is -4.45. The van der Waals surface area contributed by atoms with Crippen LogP contribution in [0.15, 0.2) is 70.5 Å². The molecule has 40 heavy (non-hydrogen) atoms. The summed E-state index contributed by atoms with van der Waals surface area (Å²) in [4.78, 5) is 19.3. The van der Waals surface area contributed by atoms with Gasteiger partial charge in [0.2, 0.25) is 10.0 Å². The number of ether oxygens (including phenoxy) is 1. The Balaban J connectivity index is 1.12. The van der Waals surface area contributed by atoms with E-state index in [0.29, 0.717) is 31.9 Å². The van der Waals surface area contributed by atoms with E-state index in [9.17, 15) is 26.4 Å². The highest BCUT2D eigenvalue weighted by Gasteiger charge is 2.32. The van der Waals surface area contributed by atoms with E-state index in [2.05, 4.69) is 15.3 Å². The third kappa shape index (κ3) is 5.00. The number of piperidine rings is 1. The number of fused-ring (bicyclic) bond motifs is 1. The summed E-state index contributed by atoms with van der Waals surface area (Å²) in [6, 6.07) is 14.4. The van der Waals surface area contributed by atoms with Crippen molar-refractivity contribution in [2.45, 2.75) is 36.0 Å². The summed E-state index contributed by atoms with van der Waals surface area (Å²) in [5.74, 6) is 0.320. The van der Waals surface area contributed by atoms with Crippen LogP contribution in [0.1, 0.15) is 24.4 Å². The molecule has 6 rings (SSSR count). The zero-order valence-corrected chi connectivity index (χ0v) is 22.0. The summed E-state index contributed by atoms with van der Waals surface area (Å²) in [5, 5.41) is 3.10. The number of sulfonamides is 1. The zero-order chi connectivity index (χ0) is 28.1. The summed E-state index contributed by atoms with van der Waals surface area (Å²) in [6.45, 7) is 1.52. The number of anilines is 1. The number of hydrogen-bond acceptors (Lipinski definition) is 6. The molecule has 0 unspecified atom stereocenters. The number of rotatable bonds is 6. The Morgan fingerprint density at radius 1 is 0.975 bits per heavy atom. The number of benzene rings is 2. The van der Waals surface area contributed by atoms with Gasteiger partial charge in [0, 0.05) is 25.3 Å². The van der Waals surface area contributed by atoms with Gasteiger partial charge < -0.3 is 15.0 Å². The topological polar surface area (TPSA) is 109 Å². The van der Waals surface area contributed by atoms with Crippen LogP contribution in [-0.4, -0.2) is 59.6 Å². The summed E-state index contributed by atoms with van der Waals surface area (Å²) in [7, 11) is -3.72. The van der Waals surface area contributed by atoms with Gasteiger partial charge in [0.25, 0.3) is 0 Å². The monoisotopic (exact) mass is 573 g/mol. The maximum absolute atomic E-state index is 13.3. The van der Waals surface area contributed by atoms with E-state index >= 15 is 0 Å². The molecule has 2 fully saturated rings. The smallest absolute Gasteiger partial charge is 0.377 e. The number of hydrogen-bond donors (Lipinski definition) is 2. The van der Waals surface area contributed by atoms with Crippen molar-refractivity contribution in [1.29, 1.82) is 0 Å². The Morgan fingerprint density at radius 3 is 2.27 bits per heavy atom. The molecule has 2 aromatic carbocycles. The molecule has 0 saturated carbocycles. The molecule has 2 N–H and O–H groups in total. The van der Waals surface area contributed by atoms with Crippen LogP contribution >= 0.6 is 0 Å². The average Bonchev–Trinajstić information content (AvgIpc) is 3.22. The number of nitrogens with one attached hydrogen (secondary N) is 2. The molecule has 0 aliphatic carbocycles. The Kier molecular flexibility index (Phi) is 6.67. The molecule has 2 saturated heterocycles. The Labute approximate surface area is 227 Å². The lowest BCUT2D eigenvalue weighted by Crippen LogP contribution is -2.42. The molecule has 2 aliphatic rings. The maximum Gasteiger partial charge on any atom is 0.417 e. The zero-order valence-electron chi connectivity index (χ0n) is 21.2. The van der Waals surface area contributed by atoms with Crippen molar-refractivity contribution in [3.05, 3.63) is 76.8 Å². The van der Waals surface area contributed by atoms with Crippen LogP contribution in [-0.2, 0) is 20.9 Å². The van der Waals surface area contributed by atoms with Crippen LogP contribution < -0.4 is 11.0 Å². The van der Waals surface area contributed by atoms with Gasteiger partial charge in [-0.15, -0.1) is 0 Å². The standard InChI is InChI=1S/C27H26F3N5O4S/c28-27(29,30)19-4-8-25(31-14-19)32-20-9-11-34(12-10-20)40(37,38)22-5-1-17(2-6-22)18-3-7-23-24(13-18)35(26(36)33-23)21-15-39-16-21/h1-8,13-14,20-21H,9-12,15-16H2,(H,31,32)(H,33,36). The minimum absolute atomic E-state index is 0.00504. The fourth-order valence-electron chi connectivity index (χ4n) is 5.10. The highest BCUT2D eigenvalue weighted by atomic mass is 32.2. The highest BCUT2D eigenvalue weighted by molar-refractivity contribution is 7.89. The maximum atomic E-state index is 13.3. The fourth-order valence-corrected chi connectivity index (χ4v) is 6.57. The third-order valence-electron chi connectivity index (χ3n) is 7.43. The van der Waals surface area contributed by atoms with E-state index in [4.69, 9.17) is 4.74 Å². The third-order valence-corrected chi connectivity index (χ3v) is 9.34. The number of nitrogens with zero attached hydrogens (tertiary/aromatic N) is 3. The van der Waals surface area contributed by atoms with Crippen molar-refractivity contribution >= 4 is 26.9 Å².